The maximum absolute atomic E-state index is 12.6. The summed E-state index contributed by atoms with van der Waals surface area (Å²) in [5, 5.41) is 14.7. The Kier molecular flexibility index (Phi) is 6.51. The number of benzene rings is 1. The summed E-state index contributed by atoms with van der Waals surface area (Å²) in [6.45, 7) is 1.16. The van der Waals surface area contributed by atoms with Crippen LogP contribution in [-0.4, -0.2) is 45.7 Å². The molecule has 150 valence electrons. The van der Waals surface area contributed by atoms with Crippen molar-refractivity contribution in [2.24, 2.45) is 0 Å². The Bertz CT molecular complexity index is 775. The van der Waals surface area contributed by atoms with Crippen molar-refractivity contribution in [2.45, 2.75) is 49.5 Å². The van der Waals surface area contributed by atoms with Gasteiger partial charge in [0.05, 0.1) is 11.0 Å². The maximum atomic E-state index is 12.6. The van der Waals surface area contributed by atoms with Gasteiger partial charge in [-0.15, -0.1) is 0 Å². The molecule has 1 aliphatic heterocycles. The van der Waals surface area contributed by atoms with E-state index >= 15 is 0 Å². The highest BCUT2D eigenvalue weighted by molar-refractivity contribution is 7.89. The summed E-state index contributed by atoms with van der Waals surface area (Å²) in [5.41, 5.74) is -0.525. The molecule has 0 radical (unpaired) electrons. The number of fused-ring (bicyclic) bond motifs is 1. The number of rotatable bonds is 7. The molecule has 0 saturated heterocycles. The minimum Gasteiger partial charge on any atom is -0.486 e. The number of nitrogens with zero attached hydrogens (tertiary/aromatic N) is 1. The summed E-state index contributed by atoms with van der Waals surface area (Å²) in [4.78, 5) is 10.2. The Balaban J connectivity index is 1.66. The highest BCUT2D eigenvalue weighted by atomic mass is 32.2. The topological polar surface area (TPSA) is 120 Å². The van der Waals surface area contributed by atoms with Crippen LogP contribution in [-0.2, 0) is 10.0 Å². The molecule has 1 aliphatic carbocycles. The number of sulfonamides is 1. The second-order valence-electron chi connectivity index (χ2n) is 6.76. The Morgan fingerprint density at radius 2 is 1.67 bits per heavy atom. The molecule has 0 bridgehead atoms. The monoisotopic (exact) mass is 399 g/mol. The van der Waals surface area contributed by atoms with Crippen molar-refractivity contribution in [3.05, 3.63) is 22.2 Å². The van der Waals surface area contributed by atoms with Crippen LogP contribution in [0.15, 0.2) is 17.0 Å². The van der Waals surface area contributed by atoms with Crippen molar-refractivity contribution in [1.29, 1.82) is 0 Å². The fraction of sp³-hybridized carbons (Fsp3) is 0.647. The van der Waals surface area contributed by atoms with E-state index in [9.17, 15) is 18.5 Å². The van der Waals surface area contributed by atoms with Crippen LogP contribution in [0.3, 0.4) is 0 Å². The van der Waals surface area contributed by atoms with Gasteiger partial charge in [-0.25, -0.2) is 13.1 Å². The molecule has 0 unspecified atom stereocenters. The SMILES string of the molecule is O=[N+]([O-])c1cc2c(cc1S(=O)(=O)NCCNC1CCCCCC1)OCCO2. The normalized spacial score (nSPS) is 18.1. The molecule has 9 nitrogen and oxygen atoms in total. The molecule has 10 heteroatoms. The van der Waals surface area contributed by atoms with Gasteiger partial charge in [-0.1, -0.05) is 25.7 Å². The fourth-order valence-corrected chi connectivity index (χ4v) is 4.64. The van der Waals surface area contributed by atoms with Gasteiger partial charge in [0.2, 0.25) is 10.0 Å². The first-order valence-corrected chi connectivity index (χ1v) is 10.8. The van der Waals surface area contributed by atoms with E-state index in [1.54, 1.807) is 0 Å². The standard InChI is InChI=1S/C17H25N3O6S/c21-20(22)14-11-15-16(26-10-9-25-15)12-17(14)27(23,24)19-8-7-18-13-5-3-1-2-4-6-13/h11-13,18-19H,1-10H2. The number of nitro groups is 1. The second-order valence-corrected chi connectivity index (χ2v) is 8.50. The summed E-state index contributed by atoms with van der Waals surface area (Å²) in [5.74, 6) is 0.380. The molecule has 0 amide bonds. The molecular weight excluding hydrogens is 374 g/mol. The van der Waals surface area contributed by atoms with Crippen molar-refractivity contribution in [3.8, 4) is 11.5 Å². The van der Waals surface area contributed by atoms with E-state index in [0.717, 1.165) is 25.0 Å². The smallest absolute Gasteiger partial charge is 0.293 e. The molecule has 0 spiro atoms. The van der Waals surface area contributed by atoms with Crippen LogP contribution in [0.4, 0.5) is 5.69 Å². The second kappa shape index (κ2) is 8.85. The summed E-state index contributed by atoms with van der Waals surface area (Å²) < 4.78 is 38.3. The molecule has 1 saturated carbocycles. The third-order valence-electron chi connectivity index (χ3n) is 4.82. The molecule has 0 atom stereocenters. The van der Waals surface area contributed by atoms with Gasteiger partial charge in [0.25, 0.3) is 5.69 Å². The van der Waals surface area contributed by atoms with Crippen LogP contribution in [0.2, 0.25) is 0 Å². The average Bonchev–Trinajstić information content (AvgIpc) is 2.93. The van der Waals surface area contributed by atoms with Crippen LogP contribution < -0.4 is 19.5 Å². The lowest BCUT2D eigenvalue weighted by atomic mass is 10.1. The largest absolute Gasteiger partial charge is 0.486 e. The predicted octanol–water partition coefficient (Wildman–Crippen LogP) is 1.96. The molecule has 1 fully saturated rings. The molecule has 0 aromatic heterocycles. The van der Waals surface area contributed by atoms with Crippen LogP contribution in [0.1, 0.15) is 38.5 Å². The summed E-state index contributed by atoms with van der Waals surface area (Å²) >= 11 is 0. The van der Waals surface area contributed by atoms with E-state index in [-0.39, 0.29) is 31.3 Å². The van der Waals surface area contributed by atoms with Crippen molar-refractivity contribution in [3.63, 3.8) is 0 Å². The number of hydrogen-bond acceptors (Lipinski definition) is 7. The molecule has 2 N–H and O–H groups in total. The van der Waals surface area contributed by atoms with Gasteiger partial charge in [0.15, 0.2) is 16.4 Å². The lowest BCUT2D eigenvalue weighted by molar-refractivity contribution is -0.388. The molecular formula is C17H25N3O6S. The van der Waals surface area contributed by atoms with E-state index < -0.39 is 25.5 Å². The van der Waals surface area contributed by atoms with Gasteiger partial charge in [-0.2, -0.15) is 0 Å². The Hall–Kier alpha value is -1.91. The number of hydrogen-bond donors (Lipinski definition) is 2. The Morgan fingerprint density at radius 3 is 2.30 bits per heavy atom. The van der Waals surface area contributed by atoms with Gasteiger partial charge in [0.1, 0.15) is 13.2 Å². The van der Waals surface area contributed by atoms with Crippen LogP contribution in [0, 0.1) is 10.1 Å². The van der Waals surface area contributed by atoms with Crippen molar-refractivity contribution >= 4 is 15.7 Å². The number of nitro benzene ring substituents is 1. The van der Waals surface area contributed by atoms with E-state index in [1.165, 1.54) is 25.7 Å². The van der Waals surface area contributed by atoms with Crippen LogP contribution in [0.5, 0.6) is 11.5 Å². The Labute approximate surface area is 158 Å². The number of nitrogens with one attached hydrogen (secondary N) is 2. The van der Waals surface area contributed by atoms with Gasteiger partial charge >= 0.3 is 0 Å². The third-order valence-corrected chi connectivity index (χ3v) is 6.31. The van der Waals surface area contributed by atoms with E-state index in [2.05, 4.69) is 10.0 Å². The maximum Gasteiger partial charge on any atom is 0.293 e. The lowest BCUT2D eigenvalue weighted by Gasteiger charge is -2.19. The van der Waals surface area contributed by atoms with Gasteiger partial charge in [-0.05, 0) is 12.8 Å². The zero-order valence-electron chi connectivity index (χ0n) is 15.1. The molecule has 27 heavy (non-hydrogen) atoms. The highest BCUT2D eigenvalue weighted by Gasteiger charge is 2.30. The van der Waals surface area contributed by atoms with Crippen molar-refractivity contribution in [1.82, 2.24) is 10.0 Å². The van der Waals surface area contributed by atoms with Crippen LogP contribution >= 0.6 is 0 Å². The highest BCUT2D eigenvalue weighted by Crippen LogP contribution is 2.38. The van der Waals surface area contributed by atoms with Crippen molar-refractivity contribution < 1.29 is 22.8 Å². The van der Waals surface area contributed by atoms with E-state index in [4.69, 9.17) is 9.47 Å². The molecule has 2 aliphatic rings. The fourth-order valence-electron chi connectivity index (χ4n) is 3.44. The third kappa shape index (κ3) is 5.08. The number of ether oxygens (including phenoxy) is 2. The Morgan fingerprint density at radius 1 is 1.04 bits per heavy atom. The lowest BCUT2D eigenvalue weighted by Crippen LogP contribution is -2.37. The van der Waals surface area contributed by atoms with E-state index in [0.29, 0.717) is 12.6 Å². The van der Waals surface area contributed by atoms with Gasteiger partial charge < -0.3 is 14.8 Å². The molecule has 1 aromatic carbocycles. The molecule has 3 rings (SSSR count). The first-order chi connectivity index (χ1) is 13.0. The minimum atomic E-state index is -4.05. The zero-order chi connectivity index (χ0) is 19.3. The zero-order valence-corrected chi connectivity index (χ0v) is 15.9. The summed E-state index contributed by atoms with van der Waals surface area (Å²) in [7, 11) is -4.05. The van der Waals surface area contributed by atoms with Gasteiger partial charge in [-0.3, -0.25) is 10.1 Å². The minimum absolute atomic E-state index is 0.157. The summed E-state index contributed by atoms with van der Waals surface area (Å²) in [6.07, 6.45) is 7.07. The first kappa shape index (κ1) is 19.8. The average molecular weight is 399 g/mol. The van der Waals surface area contributed by atoms with E-state index in [1.807, 2.05) is 0 Å². The quantitative estimate of drug-likeness (QED) is 0.311. The van der Waals surface area contributed by atoms with Gasteiger partial charge in [0, 0.05) is 25.2 Å². The van der Waals surface area contributed by atoms with Crippen LogP contribution in [0.25, 0.3) is 0 Å². The molecule has 1 aromatic rings. The summed E-state index contributed by atoms with van der Waals surface area (Å²) in [6, 6.07) is 2.67. The predicted molar refractivity (Wildman–Crippen MR) is 98.8 cm³/mol. The first-order valence-electron chi connectivity index (χ1n) is 9.28. The molecule has 1 heterocycles. The van der Waals surface area contributed by atoms with Crippen molar-refractivity contribution in [2.75, 3.05) is 26.3 Å².